The van der Waals surface area contributed by atoms with Crippen LogP contribution >= 0.6 is 0 Å². The molecule has 0 fully saturated rings. The third-order valence-corrected chi connectivity index (χ3v) is 3.73. The summed E-state index contributed by atoms with van der Waals surface area (Å²) in [5.74, 6) is 2.40. The van der Waals surface area contributed by atoms with Crippen LogP contribution in [0.5, 0.6) is 0 Å². The monoisotopic (exact) mass is 213 g/mol. The molecule has 1 heteroatoms. The molecular formula is C14H31N. The first-order valence-corrected chi connectivity index (χ1v) is 6.49. The third kappa shape index (κ3) is 6.19. The molecule has 2 unspecified atom stereocenters. The van der Waals surface area contributed by atoms with Gasteiger partial charge in [-0.2, -0.15) is 0 Å². The van der Waals surface area contributed by atoms with E-state index in [1.54, 1.807) is 0 Å². The van der Waals surface area contributed by atoms with E-state index in [2.05, 4.69) is 53.8 Å². The summed E-state index contributed by atoms with van der Waals surface area (Å²) in [5, 5.41) is 3.49. The molecule has 0 rings (SSSR count). The molecule has 0 aliphatic heterocycles. The average Bonchev–Trinajstić information content (AvgIpc) is 2.09. The van der Waals surface area contributed by atoms with Crippen LogP contribution in [-0.2, 0) is 0 Å². The first kappa shape index (κ1) is 15.0. The zero-order valence-electron chi connectivity index (χ0n) is 11.9. The molecule has 0 spiro atoms. The van der Waals surface area contributed by atoms with Crippen molar-refractivity contribution in [1.82, 2.24) is 5.32 Å². The largest absolute Gasteiger partial charge is 0.317 e. The molecule has 0 saturated carbocycles. The Bertz CT molecular complexity index is 155. The van der Waals surface area contributed by atoms with Gasteiger partial charge in [-0.1, -0.05) is 48.5 Å². The molecular weight excluding hydrogens is 182 g/mol. The van der Waals surface area contributed by atoms with E-state index >= 15 is 0 Å². The Morgan fingerprint density at radius 3 is 1.93 bits per heavy atom. The fourth-order valence-corrected chi connectivity index (χ4v) is 1.73. The van der Waals surface area contributed by atoms with Gasteiger partial charge in [-0.3, -0.25) is 0 Å². The molecule has 0 aromatic heterocycles. The highest BCUT2D eigenvalue weighted by Crippen LogP contribution is 2.32. The molecule has 0 bridgehead atoms. The highest BCUT2D eigenvalue weighted by Gasteiger charge is 2.24. The molecule has 1 nitrogen and oxygen atoms in total. The summed E-state index contributed by atoms with van der Waals surface area (Å²) in [6.07, 6.45) is 1.34. The van der Waals surface area contributed by atoms with Crippen LogP contribution in [0, 0.1) is 23.2 Å². The van der Waals surface area contributed by atoms with E-state index < -0.39 is 0 Å². The second kappa shape index (κ2) is 6.52. The molecule has 0 radical (unpaired) electrons. The minimum atomic E-state index is 0.444. The summed E-state index contributed by atoms with van der Waals surface area (Å²) < 4.78 is 0. The maximum Gasteiger partial charge on any atom is -0.00181 e. The Kier molecular flexibility index (Phi) is 6.51. The predicted octanol–water partition coefficient (Wildman–Crippen LogP) is 3.94. The van der Waals surface area contributed by atoms with Gasteiger partial charge in [0.25, 0.3) is 0 Å². The molecule has 0 amide bonds. The van der Waals surface area contributed by atoms with Crippen molar-refractivity contribution in [2.24, 2.45) is 23.2 Å². The number of rotatable bonds is 6. The zero-order valence-corrected chi connectivity index (χ0v) is 11.9. The summed E-state index contributed by atoms with van der Waals surface area (Å²) in [6.45, 7) is 18.6. The van der Waals surface area contributed by atoms with E-state index in [1.165, 1.54) is 13.0 Å². The van der Waals surface area contributed by atoms with Crippen LogP contribution in [0.2, 0.25) is 0 Å². The molecule has 2 atom stereocenters. The maximum absolute atomic E-state index is 3.49. The van der Waals surface area contributed by atoms with Gasteiger partial charge >= 0.3 is 0 Å². The fourth-order valence-electron chi connectivity index (χ4n) is 1.73. The minimum absolute atomic E-state index is 0.444. The van der Waals surface area contributed by atoms with Crippen molar-refractivity contribution in [3.8, 4) is 0 Å². The van der Waals surface area contributed by atoms with E-state index in [-0.39, 0.29) is 0 Å². The summed E-state index contributed by atoms with van der Waals surface area (Å²) in [7, 11) is 0. The van der Waals surface area contributed by atoms with Crippen molar-refractivity contribution in [2.75, 3.05) is 13.1 Å². The van der Waals surface area contributed by atoms with Crippen LogP contribution in [0.15, 0.2) is 0 Å². The lowest BCUT2D eigenvalue weighted by atomic mass is 9.75. The van der Waals surface area contributed by atoms with Crippen molar-refractivity contribution in [3.63, 3.8) is 0 Å². The quantitative estimate of drug-likeness (QED) is 0.704. The van der Waals surface area contributed by atoms with Gasteiger partial charge < -0.3 is 5.32 Å². The normalized spacial score (nSPS) is 16.8. The summed E-state index contributed by atoms with van der Waals surface area (Å²) >= 11 is 0. The van der Waals surface area contributed by atoms with E-state index in [9.17, 15) is 0 Å². The van der Waals surface area contributed by atoms with E-state index in [0.717, 1.165) is 24.3 Å². The molecule has 92 valence electrons. The van der Waals surface area contributed by atoms with Crippen molar-refractivity contribution in [2.45, 2.75) is 54.9 Å². The van der Waals surface area contributed by atoms with Crippen LogP contribution in [0.4, 0.5) is 0 Å². The lowest BCUT2D eigenvalue weighted by Crippen LogP contribution is -2.30. The van der Waals surface area contributed by atoms with Crippen molar-refractivity contribution in [1.29, 1.82) is 0 Å². The van der Waals surface area contributed by atoms with Gasteiger partial charge in [-0.15, -0.1) is 0 Å². The van der Waals surface area contributed by atoms with Gasteiger partial charge in [0.05, 0.1) is 0 Å². The van der Waals surface area contributed by atoms with Crippen LogP contribution < -0.4 is 5.32 Å². The van der Waals surface area contributed by atoms with Gasteiger partial charge in [-0.05, 0) is 42.7 Å². The van der Waals surface area contributed by atoms with Crippen LogP contribution in [0.3, 0.4) is 0 Å². The summed E-state index contributed by atoms with van der Waals surface area (Å²) in [4.78, 5) is 0. The second-order valence-corrected chi connectivity index (χ2v) is 6.31. The lowest BCUT2D eigenvalue weighted by molar-refractivity contribution is 0.189. The van der Waals surface area contributed by atoms with Crippen molar-refractivity contribution >= 4 is 0 Å². The van der Waals surface area contributed by atoms with Gasteiger partial charge in [0.1, 0.15) is 0 Å². The van der Waals surface area contributed by atoms with E-state index in [4.69, 9.17) is 0 Å². The summed E-state index contributed by atoms with van der Waals surface area (Å²) in [6, 6.07) is 0. The fraction of sp³-hybridized carbons (Fsp3) is 1.00. The van der Waals surface area contributed by atoms with Crippen molar-refractivity contribution in [3.05, 3.63) is 0 Å². The molecule has 15 heavy (non-hydrogen) atoms. The molecule has 0 aliphatic carbocycles. The number of nitrogens with one attached hydrogen (secondary N) is 1. The topological polar surface area (TPSA) is 12.0 Å². The molecule has 0 aliphatic rings. The van der Waals surface area contributed by atoms with Crippen LogP contribution in [-0.4, -0.2) is 13.1 Å². The molecule has 0 aromatic carbocycles. The standard InChI is InChI=1S/C14H31N/c1-8-15-10-13(11(2)3)9-12(4)14(5,6)7/h11-13,15H,8-10H2,1-7H3. The molecule has 0 aromatic rings. The Hall–Kier alpha value is -0.0400. The first-order chi connectivity index (χ1) is 6.79. The van der Waals surface area contributed by atoms with Crippen LogP contribution in [0.25, 0.3) is 0 Å². The minimum Gasteiger partial charge on any atom is -0.317 e. The lowest BCUT2D eigenvalue weighted by Gasteiger charge is -2.32. The Labute approximate surface area is 97.0 Å². The number of hydrogen-bond acceptors (Lipinski definition) is 1. The van der Waals surface area contributed by atoms with Crippen molar-refractivity contribution < 1.29 is 0 Å². The van der Waals surface area contributed by atoms with Crippen LogP contribution in [0.1, 0.15) is 54.9 Å². The van der Waals surface area contributed by atoms with Gasteiger partial charge in [0, 0.05) is 0 Å². The van der Waals surface area contributed by atoms with Gasteiger partial charge in [0.15, 0.2) is 0 Å². The molecule has 0 saturated heterocycles. The third-order valence-electron chi connectivity index (χ3n) is 3.73. The Balaban J connectivity index is 4.16. The van der Waals surface area contributed by atoms with E-state index in [0.29, 0.717) is 5.41 Å². The summed E-state index contributed by atoms with van der Waals surface area (Å²) in [5.41, 5.74) is 0.444. The predicted molar refractivity (Wildman–Crippen MR) is 70.1 cm³/mol. The highest BCUT2D eigenvalue weighted by molar-refractivity contribution is 4.76. The molecule has 0 heterocycles. The SMILES string of the molecule is CCNCC(CC(C)C(C)(C)C)C(C)C. The Morgan fingerprint density at radius 2 is 1.60 bits per heavy atom. The highest BCUT2D eigenvalue weighted by atomic mass is 14.8. The van der Waals surface area contributed by atoms with Gasteiger partial charge in [-0.25, -0.2) is 0 Å². The average molecular weight is 213 g/mol. The smallest absolute Gasteiger partial charge is 0.00181 e. The second-order valence-electron chi connectivity index (χ2n) is 6.31. The van der Waals surface area contributed by atoms with E-state index in [1.807, 2.05) is 0 Å². The number of hydrogen-bond donors (Lipinski definition) is 1. The Morgan fingerprint density at radius 1 is 1.07 bits per heavy atom. The first-order valence-electron chi connectivity index (χ1n) is 6.49. The molecule has 1 N–H and O–H groups in total. The maximum atomic E-state index is 3.49. The van der Waals surface area contributed by atoms with Gasteiger partial charge in [0.2, 0.25) is 0 Å². The zero-order chi connectivity index (χ0) is 12.1.